The Balaban J connectivity index is 2.54. The first-order chi connectivity index (χ1) is 6.23. The minimum absolute atomic E-state index is 0.186. The first-order valence-corrected chi connectivity index (χ1v) is 4.27. The number of carbonyl (C=O) groups is 1. The largest absolute Gasteiger partial charge is 0.490 e. The molecule has 0 spiro atoms. The SMILES string of the molecule is CC(C)(OC(=O)C(F)(F)F)[C@H]1CCN1. The summed E-state index contributed by atoms with van der Waals surface area (Å²) in [6, 6.07) is -0.186. The van der Waals surface area contributed by atoms with Crippen LogP contribution in [0.25, 0.3) is 0 Å². The average Bonchev–Trinajstić information content (AvgIpc) is 1.76. The summed E-state index contributed by atoms with van der Waals surface area (Å²) in [5.41, 5.74) is -1.11. The molecule has 0 aromatic rings. The van der Waals surface area contributed by atoms with E-state index in [0.29, 0.717) is 0 Å². The molecule has 0 aromatic heterocycles. The zero-order chi connectivity index (χ0) is 11.0. The maximum atomic E-state index is 11.9. The van der Waals surface area contributed by atoms with Gasteiger partial charge in [0.15, 0.2) is 0 Å². The number of hydrogen-bond acceptors (Lipinski definition) is 3. The quantitative estimate of drug-likeness (QED) is 0.698. The second-order valence-corrected chi connectivity index (χ2v) is 3.79. The Bertz CT molecular complexity index is 233. The minimum atomic E-state index is -4.92. The minimum Gasteiger partial charge on any atom is -0.451 e. The van der Waals surface area contributed by atoms with E-state index in [1.54, 1.807) is 0 Å². The van der Waals surface area contributed by atoms with Crippen LogP contribution < -0.4 is 5.32 Å². The molecule has 0 amide bonds. The van der Waals surface area contributed by atoms with Gasteiger partial charge in [-0.05, 0) is 26.8 Å². The predicted octanol–water partition coefficient (Wildman–Crippen LogP) is 1.23. The van der Waals surface area contributed by atoms with Gasteiger partial charge in [0.25, 0.3) is 0 Å². The fourth-order valence-electron chi connectivity index (χ4n) is 1.25. The van der Waals surface area contributed by atoms with Crippen LogP contribution in [0.1, 0.15) is 20.3 Å². The molecule has 1 N–H and O–H groups in total. The van der Waals surface area contributed by atoms with Gasteiger partial charge < -0.3 is 10.1 Å². The summed E-state index contributed by atoms with van der Waals surface area (Å²) >= 11 is 0. The molecule has 0 aromatic carbocycles. The fourth-order valence-corrected chi connectivity index (χ4v) is 1.25. The van der Waals surface area contributed by atoms with Crippen LogP contribution in [0, 0.1) is 0 Å². The Morgan fingerprint density at radius 3 is 2.21 bits per heavy atom. The van der Waals surface area contributed by atoms with Crippen molar-refractivity contribution >= 4 is 5.97 Å². The number of nitrogens with one attached hydrogen (secondary N) is 1. The lowest BCUT2D eigenvalue weighted by Crippen LogP contribution is -2.58. The number of ether oxygens (including phenoxy) is 1. The van der Waals surface area contributed by atoms with Gasteiger partial charge in [-0.3, -0.25) is 0 Å². The highest BCUT2D eigenvalue weighted by Gasteiger charge is 2.46. The molecule has 0 aliphatic carbocycles. The molecule has 1 saturated heterocycles. The van der Waals surface area contributed by atoms with Gasteiger partial charge in [-0.1, -0.05) is 0 Å². The molecule has 14 heavy (non-hydrogen) atoms. The Labute approximate surface area is 79.6 Å². The van der Waals surface area contributed by atoms with Crippen LogP contribution in [-0.2, 0) is 9.53 Å². The monoisotopic (exact) mass is 211 g/mol. The molecule has 6 heteroatoms. The van der Waals surface area contributed by atoms with Crippen molar-refractivity contribution in [3.05, 3.63) is 0 Å². The first-order valence-electron chi connectivity index (χ1n) is 4.27. The van der Waals surface area contributed by atoms with Crippen molar-refractivity contribution in [2.75, 3.05) is 6.54 Å². The summed E-state index contributed by atoms with van der Waals surface area (Å²) in [5.74, 6) is -2.13. The normalized spacial score (nSPS) is 22.8. The van der Waals surface area contributed by atoms with E-state index in [1.165, 1.54) is 13.8 Å². The molecule has 1 aliphatic heterocycles. The van der Waals surface area contributed by atoms with E-state index in [4.69, 9.17) is 0 Å². The molecule has 1 rings (SSSR count). The fraction of sp³-hybridized carbons (Fsp3) is 0.875. The van der Waals surface area contributed by atoms with Crippen molar-refractivity contribution in [1.29, 1.82) is 0 Å². The second kappa shape index (κ2) is 3.42. The van der Waals surface area contributed by atoms with Crippen molar-refractivity contribution < 1.29 is 22.7 Å². The van der Waals surface area contributed by atoms with E-state index in [-0.39, 0.29) is 6.04 Å². The molecule has 0 unspecified atom stereocenters. The molecule has 1 heterocycles. The molecular formula is C8H12F3NO2. The molecule has 0 radical (unpaired) electrons. The van der Waals surface area contributed by atoms with Crippen molar-refractivity contribution in [3.8, 4) is 0 Å². The van der Waals surface area contributed by atoms with Crippen molar-refractivity contribution in [2.24, 2.45) is 0 Å². The number of hydrogen-bond donors (Lipinski definition) is 1. The lowest BCUT2D eigenvalue weighted by molar-refractivity contribution is -0.215. The van der Waals surface area contributed by atoms with Crippen molar-refractivity contribution in [1.82, 2.24) is 5.32 Å². The number of halogens is 3. The highest BCUT2D eigenvalue weighted by Crippen LogP contribution is 2.26. The van der Waals surface area contributed by atoms with Gasteiger partial charge in [0.1, 0.15) is 5.60 Å². The van der Waals surface area contributed by atoms with Gasteiger partial charge in [0.05, 0.1) is 0 Å². The Morgan fingerprint density at radius 2 is 1.93 bits per heavy atom. The van der Waals surface area contributed by atoms with Crippen LogP contribution >= 0.6 is 0 Å². The number of alkyl halides is 3. The van der Waals surface area contributed by atoms with Gasteiger partial charge in [-0.2, -0.15) is 13.2 Å². The third kappa shape index (κ3) is 2.37. The molecule has 0 bridgehead atoms. The summed E-state index contributed by atoms with van der Waals surface area (Å²) in [6.45, 7) is 3.68. The van der Waals surface area contributed by atoms with Gasteiger partial charge in [0, 0.05) is 6.04 Å². The standard InChI is InChI=1S/C8H12F3NO2/c1-7(2,5-3-4-12-5)14-6(13)8(9,10)11/h5,12H,3-4H2,1-2H3/t5-/m1/s1. The molecular weight excluding hydrogens is 199 g/mol. The topological polar surface area (TPSA) is 38.3 Å². The Morgan fingerprint density at radius 1 is 1.43 bits per heavy atom. The number of rotatable bonds is 2. The molecule has 1 aliphatic rings. The van der Waals surface area contributed by atoms with Crippen molar-refractivity contribution in [3.63, 3.8) is 0 Å². The van der Waals surface area contributed by atoms with Gasteiger partial charge >= 0.3 is 12.1 Å². The van der Waals surface area contributed by atoms with E-state index in [1.807, 2.05) is 0 Å². The molecule has 0 saturated carbocycles. The van der Waals surface area contributed by atoms with E-state index in [2.05, 4.69) is 10.1 Å². The van der Waals surface area contributed by atoms with E-state index >= 15 is 0 Å². The Kier molecular flexibility index (Phi) is 2.76. The van der Waals surface area contributed by atoms with Gasteiger partial charge in [0.2, 0.25) is 0 Å². The summed E-state index contributed by atoms with van der Waals surface area (Å²) in [4.78, 5) is 10.5. The summed E-state index contributed by atoms with van der Waals surface area (Å²) in [5, 5.41) is 2.90. The zero-order valence-electron chi connectivity index (χ0n) is 7.94. The third-order valence-electron chi connectivity index (χ3n) is 2.25. The lowest BCUT2D eigenvalue weighted by atomic mass is 9.90. The van der Waals surface area contributed by atoms with E-state index < -0.39 is 17.7 Å². The van der Waals surface area contributed by atoms with Gasteiger partial charge in [-0.25, -0.2) is 4.79 Å². The summed E-state index contributed by atoms with van der Waals surface area (Å²) in [6.07, 6.45) is -4.20. The van der Waals surface area contributed by atoms with Crippen molar-refractivity contribution in [2.45, 2.75) is 38.1 Å². The molecule has 82 valence electrons. The highest BCUT2D eigenvalue weighted by atomic mass is 19.4. The van der Waals surface area contributed by atoms with Crippen LogP contribution in [-0.4, -0.2) is 30.3 Å². The summed E-state index contributed by atoms with van der Waals surface area (Å²) < 4.78 is 40.0. The maximum absolute atomic E-state index is 11.9. The Hall–Kier alpha value is -0.780. The maximum Gasteiger partial charge on any atom is 0.490 e. The van der Waals surface area contributed by atoms with Crippen LogP contribution in [0.4, 0.5) is 13.2 Å². The van der Waals surface area contributed by atoms with E-state index in [9.17, 15) is 18.0 Å². The smallest absolute Gasteiger partial charge is 0.451 e. The highest BCUT2D eigenvalue weighted by molar-refractivity contribution is 5.76. The number of carbonyl (C=O) groups excluding carboxylic acids is 1. The third-order valence-corrected chi connectivity index (χ3v) is 2.25. The summed E-state index contributed by atoms with van der Waals surface area (Å²) in [7, 11) is 0. The van der Waals surface area contributed by atoms with Crippen LogP contribution in [0.15, 0.2) is 0 Å². The van der Waals surface area contributed by atoms with Gasteiger partial charge in [-0.15, -0.1) is 0 Å². The van der Waals surface area contributed by atoms with E-state index in [0.717, 1.165) is 13.0 Å². The predicted molar refractivity (Wildman–Crippen MR) is 42.6 cm³/mol. The second-order valence-electron chi connectivity index (χ2n) is 3.79. The molecule has 1 atom stereocenters. The lowest BCUT2D eigenvalue weighted by Gasteiger charge is -2.40. The molecule has 1 fully saturated rings. The first kappa shape index (κ1) is 11.3. The van der Waals surface area contributed by atoms with Crippen LogP contribution in [0.3, 0.4) is 0 Å². The molecule has 3 nitrogen and oxygen atoms in total. The zero-order valence-corrected chi connectivity index (χ0v) is 7.94. The average molecular weight is 211 g/mol. The number of esters is 1. The van der Waals surface area contributed by atoms with Crippen LogP contribution in [0.5, 0.6) is 0 Å². The van der Waals surface area contributed by atoms with Crippen LogP contribution in [0.2, 0.25) is 0 Å².